The lowest BCUT2D eigenvalue weighted by Crippen LogP contribution is -2.36. The van der Waals surface area contributed by atoms with Crippen molar-refractivity contribution in [1.82, 2.24) is 4.90 Å². The van der Waals surface area contributed by atoms with Gasteiger partial charge in [0.2, 0.25) is 0 Å². The number of halogens is 2. The van der Waals surface area contributed by atoms with E-state index in [1.807, 2.05) is 41.5 Å². The monoisotopic (exact) mass is 378 g/mol. The highest BCUT2D eigenvalue weighted by Crippen LogP contribution is 2.27. The molecular formula is C18H16F2N2OS2. The number of anilines is 1. The summed E-state index contributed by atoms with van der Waals surface area (Å²) in [5.74, 6) is -0.568. The Hall–Kier alpha value is -2.25. The molecule has 25 heavy (non-hydrogen) atoms. The molecule has 7 heteroatoms. The van der Waals surface area contributed by atoms with Gasteiger partial charge >= 0.3 is 0 Å². The standard InChI is InChI=1S/C18H16F2N2OS2/c1-12(17-5-3-7-25-17)22(11-16-4-2-6-23-16)18(24)21-15-9-13(19)8-14(20)10-15/h2-10,12H,11H2,1H3,(H,21,24)/t12-/m0/s1. The molecule has 1 atom stereocenters. The molecule has 0 aliphatic heterocycles. The number of rotatable bonds is 5. The van der Waals surface area contributed by atoms with Crippen molar-refractivity contribution >= 4 is 34.4 Å². The SMILES string of the molecule is C[C@@H](c1cccs1)N(Cc1ccco1)C(=S)Nc1cc(F)cc(F)c1. The zero-order chi connectivity index (χ0) is 17.8. The van der Waals surface area contributed by atoms with Crippen LogP contribution in [0.5, 0.6) is 0 Å². The maximum Gasteiger partial charge on any atom is 0.174 e. The van der Waals surface area contributed by atoms with Crippen LogP contribution < -0.4 is 5.32 Å². The molecule has 2 aromatic heterocycles. The van der Waals surface area contributed by atoms with Gasteiger partial charge in [0.1, 0.15) is 17.4 Å². The molecule has 0 saturated heterocycles. The highest BCUT2D eigenvalue weighted by atomic mass is 32.1. The first-order valence-corrected chi connectivity index (χ1v) is 8.91. The number of thiocarbonyl (C=S) groups is 1. The van der Waals surface area contributed by atoms with Gasteiger partial charge in [0.25, 0.3) is 0 Å². The summed E-state index contributed by atoms with van der Waals surface area (Å²) >= 11 is 7.12. The first-order chi connectivity index (χ1) is 12.0. The van der Waals surface area contributed by atoms with E-state index < -0.39 is 11.6 Å². The van der Waals surface area contributed by atoms with Gasteiger partial charge in [-0.15, -0.1) is 11.3 Å². The quantitative estimate of drug-likeness (QED) is 0.587. The third-order valence-electron chi connectivity index (χ3n) is 3.70. The summed E-state index contributed by atoms with van der Waals surface area (Å²) in [6.07, 6.45) is 1.60. The van der Waals surface area contributed by atoms with Gasteiger partial charge in [-0.1, -0.05) is 6.07 Å². The molecule has 0 fully saturated rings. The zero-order valence-electron chi connectivity index (χ0n) is 13.4. The Morgan fingerprint density at radius 2 is 2.00 bits per heavy atom. The van der Waals surface area contributed by atoms with E-state index in [0.29, 0.717) is 11.7 Å². The topological polar surface area (TPSA) is 28.4 Å². The fraction of sp³-hybridized carbons (Fsp3) is 0.167. The van der Waals surface area contributed by atoms with Crippen molar-refractivity contribution in [2.24, 2.45) is 0 Å². The van der Waals surface area contributed by atoms with Crippen molar-refractivity contribution in [2.45, 2.75) is 19.5 Å². The molecule has 0 spiro atoms. The number of hydrogen-bond acceptors (Lipinski definition) is 3. The minimum atomic E-state index is -0.658. The first-order valence-electron chi connectivity index (χ1n) is 7.62. The molecule has 3 nitrogen and oxygen atoms in total. The van der Waals surface area contributed by atoms with Gasteiger partial charge in [-0.3, -0.25) is 0 Å². The summed E-state index contributed by atoms with van der Waals surface area (Å²) in [4.78, 5) is 3.05. The number of furan rings is 1. The predicted octanol–water partition coefficient (Wildman–Crippen LogP) is 5.58. The van der Waals surface area contributed by atoms with Crippen LogP contribution in [0, 0.1) is 11.6 Å². The molecule has 0 aliphatic rings. The van der Waals surface area contributed by atoms with Crippen LogP contribution in [0.4, 0.5) is 14.5 Å². The molecule has 1 aromatic carbocycles. The number of nitrogens with zero attached hydrogens (tertiary/aromatic N) is 1. The van der Waals surface area contributed by atoms with Crippen LogP contribution in [0.1, 0.15) is 23.6 Å². The van der Waals surface area contributed by atoms with Gasteiger partial charge in [0, 0.05) is 16.6 Å². The van der Waals surface area contributed by atoms with Gasteiger partial charge in [-0.2, -0.15) is 0 Å². The van der Waals surface area contributed by atoms with Crippen LogP contribution >= 0.6 is 23.6 Å². The molecular weight excluding hydrogens is 362 g/mol. The van der Waals surface area contributed by atoms with Gasteiger partial charge in [-0.05, 0) is 54.9 Å². The Bertz CT molecular complexity index is 815. The molecule has 0 saturated carbocycles. The van der Waals surface area contributed by atoms with Crippen LogP contribution in [-0.4, -0.2) is 10.0 Å². The number of nitrogens with one attached hydrogen (secondary N) is 1. The van der Waals surface area contributed by atoms with Crippen LogP contribution in [0.25, 0.3) is 0 Å². The van der Waals surface area contributed by atoms with Crippen LogP contribution in [0.2, 0.25) is 0 Å². The van der Waals surface area contributed by atoms with Crippen molar-refractivity contribution in [1.29, 1.82) is 0 Å². The van der Waals surface area contributed by atoms with E-state index >= 15 is 0 Å². The third kappa shape index (κ3) is 4.43. The van der Waals surface area contributed by atoms with Gasteiger partial charge in [-0.25, -0.2) is 8.78 Å². The summed E-state index contributed by atoms with van der Waals surface area (Å²) in [6, 6.07) is 10.9. The molecule has 0 amide bonds. The van der Waals surface area contributed by atoms with Crippen molar-refractivity contribution in [3.05, 3.63) is 76.4 Å². The fourth-order valence-corrected chi connectivity index (χ4v) is 3.60. The normalized spacial score (nSPS) is 12.0. The molecule has 1 N–H and O–H groups in total. The zero-order valence-corrected chi connectivity index (χ0v) is 15.0. The summed E-state index contributed by atoms with van der Waals surface area (Å²) in [5, 5.41) is 5.28. The Balaban J connectivity index is 1.83. The van der Waals surface area contributed by atoms with Crippen LogP contribution in [0.3, 0.4) is 0 Å². The lowest BCUT2D eigenvalue weighted by Gasteiger charge is -2.30. The van der Waals surface area contributed by atoms with Crippen molar-refractivity contribution < 1.29 is 13.2 Å². The Labute approximate surface area is 153 Å². The molecule has 0 radical (unpaired) electrons. The number of benzene rings is 1. The predicted molar refractivity (Wildman–Crippen MR) is 99.6 cm³/mol. The van der Waals surface area contributed by atoms with Crippen molar-refractivity contribution in [2.75, 3.05) is 5.32 Å². The molecule has 2 heterocycles. The Morgan fingerprint density at radius 3 is 2.60 bits per heavy atom. The molecule has 130 valence electrons. The van der Waals surface area contributed by atoms with E-state index in [9.17, 15) is 8.78 Å². The number of thiophene rings is 1. The van der Waals surface area contributed by atoms with E-state index in [-0.39, 0.29) is 11.7 Å². The average Bonchev–Trinajstić information content (AvgIpc) is 3.24. The summed E-state index contributed by atoms with van der Waals surface area (Å²) in [6.45, 7) is 2.46. The van der Waals surface area contributed by atoms with E-state index in [2.05, 4.69) is 5.32 Å². The highest BCUT2D eigenvalue weighted by Gasteiger charge is 2.21. The minimum absolute atomic E-state index is 0.0245. The highest BCUT2D eigenvalue weighted by molar-refractivity contribution is 7.80. The second kappa shape index (κ2) is 7.76. The molecule has 0 aliphatic carbocycles. The van der Waals surface area contributed by atoms with Crippen LogP contribution in [0.15, 0.2) is 58.5 Å². The van der Waals surface area contributed by atoms with Gasteiger partial charge in [0.05, 0.1) is 18.8 Å². The molecule has 3 rings (SSSR count). The van der Waals surface area contributed by atoms with Crippen LogP contribution in [-0.2, 0) is 6.54 Å². The van der Waals surface area contributed by atoms with E-state index in [4.69, 9.17) is 16.6 Å². The second-order valence-electron chi connectivity index (χ2n) is 5.49. The van der Waals surface area contributed by atoms with E-state index in [0.717, 1.165) is 16.7 Å². The Kier molecular flexibility index (Phi) is 5.45. The second-order valence-corrected chi connectivity index (χ2v) is 6.85. The van der Waals surface area contributed by atoms with Crippen molar-refractivity contribution in [3.8, 4) is 0 Å². The first kappa shape index (κ1) is 17.6. The maximum absolute atomic E-state index is 13.4. The van der Waals surface area contributed by atoms with E-state index in [1.54, 1.807) is 17.6 Å². The fourth-order valence-electron chi connectivity index (χ4n) is 2.46. The largest absolute Gasteiger partial charge is 0.467 e. The smallest absolute Gasteiger partial charge is 0.174 e. The average molecular weight is 378 g/mol. The molecule has 0 bridgehead atoms. The van der Waals surface area contributed by atoms with Gasteiger partial charge < -0.3 is 14.6 Å². The van der Waals surface area contributed by atoms with Gasteiger partial charge in [0.15, 0.2) is 5.11 Å². The van der Waals surface area contributed by atoms with E-state index in [1.165, 1.54) is 12.1 Å². The summed E-state index contributed by atoms with van der Waals surface area (Å²) < 4.78 is 32.3. The number of hydrogen-bond donors (Lipinski definition) is 1. The lowest BCUT2D eigenvalue weighted by molar-refractivity contribution is 0.306. The summed E-state index contributed by atoms with van der Waals surface area (Å²) in [7, 11) is 0. The Morgan fingerprint density at radius 1 is 1.24 bits per heavy atom. The molecule has 3 aromatic rings. The summed E-state index contributed by atoms with van der Waals surface area (Å²) in [5.41, 5.74) is 0.269. The third-order valence-corrected chi connectivity index (χ3v) is 5.08. The maximum atomic E-state index is 13.4. The van der Waals surface area contributed by atoms with Crippen molar-refractivity contribution in [3.63, 3.8) is 0 Å². The lowest BCUT2D eigenvalue weighted by atomic mass is 10.2. The molecule has 0 unspecified atom stereocenters. The minimum Gasteiger partial charge on any atom is -0.467 e.